The van der Waals surface area contributed by atoms with Crippen molar-refractivity contribution in [3.8, 4) is 11.1 Å². The van der Waals surface area contributed by atoms with Crippen molar-refractivity contribution in [1.82, 2.24) is 14.5 Å². The van der Waals surface area contributed by atoms with Gasteiger partial charge in [0.2, 0.25) is 27.7 Å². The van der Waals surface area contributed by atoms with Crippen LogP contribution >= 0.6 is 11.8 Å². The molecule has 9 rings (SSSR count). The summed E-state index contributed by atoms with van der Waals surface area (Å²) in [6.45, 7) is 2.62. The number of sulfonamides is 1. The minimum Gasteiger partial charge on any atom is -0.394 e. The smallest absolute Gasteiger partial charge is 0.255 e. The number of aliphatic hydroxyl groups excluding tert-OH is 1. The number of nitrogens with zero attached hydrogens (tertiary/aromatic N) is 2. The van der Waals surface area contributed by atoms with Crippen LogP contribution in [-0.4, -0.2) is 77.3 Å². The minimum absolute atomic E-state index is 0.000814. The highest BCUT2D eigenvalue weighted by Gasteiger charge is 2.48. The maximum Gasteiger partial charge on any atom is 0.255 e. The van der Waals surface area contributed by atoms with Crippen molar-refractivity contribution in [2.45, 2.75) is 118 Å². The van der Waals surface area contributed by atoms with E-state index in [4.69, 9.17) is 0 Å². The number of aryl methyl sites for hydroxylation is 1. The second-order valence-electron chi connectivity index (χ2n) is 18.6. The first-order valence-corrected chi connectivity index (χ1v) is 25.8. The molecule has 2 saturated heterocycles. The molecule has 65 heavy (non-hydrogen) atoms. The molecule has 4 aromatic rings. The second-order valence-corrected chi connectivity index (χ2v) is 21.7. The average molecular weight is 918 g/mol. The van der Waals surface area contributed by atoms with Crippen LogP contribution in [0.2, 0.25) is 0 Å². The van der Waals surface area contributed by atoms with Crippen LogP contribution in [0.5, 0.6) is 0 Å². The summed E-state index contributed by atoms with van der Waals surface area (Å²) >= 11 is 1.79. The molecule has 12 nitrogen and oxygen atoms in total. The predicted octanol–water partition coefficient (Wildman–Crippen LogP) is 8.45. The van der Waals surface area contributed by atoms with Crippen molar-refractivity contribution in [3.63, 3.8) is 0 Å². The molecule has 1 unspecified atom stereocenters. The van der Waals surface area contributed by atoms with Gasteiger partial charge in [-0.15, -0.1) is 11.8 Å². The molecule has 0 aromatic heterocycles. The molecule has 1 saturated carbocycles. The summed E-state index contributed by atoms with van der Waals surface area (Å²) in [6.07, 6.45) is 10.7. The lowest BCUT2D eigenvalue weighted by Crippen LogP contribution is -2.52. The fraction of sp³-hybridized carbons (Fsp3) is 0.451. The zero-order valence-electron chi connectivity index (χ0n) is 37.0. The van der Waals surface area contributed by atoms with Gasteiger partial charge in [0.05, 0.1) is 23.6 Å². The van der Waals surface area contributed by atoms with Gasteiger partial charge in [0.1, 0.15) is 6.04 Å². The number of imide groups is 1. The Labute approximate surface area is 386 Å². The molecule has 4 aliphatic heterocycles. The molecule has 4 heterocycles. The average Bonchev–Trinajstić information content (AvgIpc) is 3.91. The Kier molecular flexibility index (Phi) is 13.5. The van der Waals surface area contributed by atoms with Gasteiger partial charge >= 0.3 is 0 Å². The summed E-state index contributed by atoms with van der Waals surface area (Å²) in [4.78, 5) is 53.5. The Balaban J connectivity index is 0.727. The van der Waals surface area contributed by atoms with Gasteiger partial charge in [-0.05, 0) is 134 Å². The number of thioether (sulfide) groups is 1. The molecular formula is C51H59N5O7S2. The molecule has 3 fully saturated rings. The molecule has 5 aliphatic rings. The zero-order valence-corrected chi connectivity index (χ0v) is 38.6. The lowest BCUT2D eigenvalue weighted by molar-refractivity contribution is -0.137. The summed E-state index contributed by atoms with van der Waals surface area (Å²) < 4.78 is 29.7. The third-order valence-electron chi connectivity index (χ3n) is 14.5. The number of anilines is 2. The monoisotopic (exact) mass is 917 g/mol. The van der Waals surface area contributed by atoms with E-state index in [-0.39, 0.29) is 53.5 Å². The normalized spacial score (nSPS) is 24.2. The first-order valence-electron chi connectivity index (χ1n) is 23.4. The number of carbonyl (C=O) groups excluding carboxylic acids is 4. The Morgan fingerprint density at radius 3 is 2.35 bits per heavy atom. The summed E-state index contributed by atoms with van der Waals surface area (Å²) in [5.74, 6) is 1.44. The molecule has 0 bridgehead atoms. The van der Waals surface area contributed by atoms with E-state index in [2.05, 4.69) is 28.1 Å². The molecule has 0 radical (unpaired) electrons. The molecule has 0 spiro atoms. The van der Waals surface area contributed by atoms with Crippen LogP contribution in [0.15, 0.2) is 94.7 Å². The van der Waals surface area contributed by atoms with E-state index in [1.165, 1.54) is 32.1 Å². The quantitative estimate of drug-likeness (QED) is 0.0520. The van der Waals surface area contributed by atoms with Gasteiger partial charge < -0.3 is 20.6 Å². The first kappa shape index (κ1) is 45.1. The van der Waals surface area contributed by atoms with Crippen LogP contribution in [0.25, 0.3) is 11.1 Å². The lowest BCUT2D eigenvalue weighted by atomic mass is 9.78. The highest BCUT2D eigenvalue weighted by molar-refractivity contribution is 7.99. The van der Waals surface area contributed by atoms with Gasteiger partial charge in [-0.25, -0.2) is 8.42 Å². The summed E-state index contributed by atoms with van der Waals surface area (Å²) in [7, 11) is -3.78. The van der Waals surface area contributed by atoms with Crippen LogP contribution in [0, 0.1) is 24.7 Å². The van der Waals surface area contributed by atoms with E-state index < -0.39 is 22.1 Å². The molecule has 4 N–H and O–H groups in total. The summed E-state index contributed by atoms with van der Waals surface area (Å²) in [5.41, 5.74) is 6.93. The molecule has 342 valence electrons. The fourth-order valence-corrected chi connectivity index (χ4v) is 13.6. The molecule has 4 aromatic carbocycles. The van der Waals surface area contributed by atoms with Crippen molar-refractivity contribution in [3.05, 3.63) is 107 Å². The summed E-state index contributed by atoms with van der Waals surface area (Å²) in [6, 6.07) is 25.4. The Bertz CT molecular complexity index is 2560. The standard InChI is InChI=1S/C51H59N5O7S2/c1-32-13-20-38(21-14-32)65(62,63)56-26-25-40-44(31-57)53-43-22-19-36(29-41(43)49(40)56)35-8-3-9-37(28-35)52-47(58)12-2-6-33-15-17-34(18-16-33)7-5-27-64-46-11-4-10-39-42(46)30-55(51(39)61)45-23-24-48(59)54-50(45)60/h3-4,8-11,13-14,19-22,28-29,33-34,40,44-45,49,53,57H,2,5-7,12,15-18,23-27,30-31H2,1H3,(H,52,58)(H,54,59,60)/t33?,34?,40-,44+,45?,49-/m1/s1. The predicted molar refractivity (Wildman–Crippen MR) is 253 cm³/mol. The highest BCUT2D eigenvalue weighted by Crippen LogP contribution is 2.49. The van der Waals surface area contributed by atoms with Crippen LogP contribution in [0.1, 0.15) is 110 Å². The van der Waals surface area contributed by atoms with Crippen LogP contribution < -0.4 is 16.0 Å². The van der Waals surface area contributed by atoms with Crippen molar-refractivity contribution in [2.24, 2.45) is 17.8 Å². The maximum atomic E-state index is 14.0. The van der Waals surface area contributed by atoms with Gasteiger partial charge in [-0.3, -0.25) is 24.5 Å². The van der Waals surface area contributed by atoms with Gasteiger partial charge in [-0.2, -0.15) is 4.31 Å². The van der Waals surface area contributed by atoms with Crippen molar-refractivity contribution < 1.29 is 32.7 Å². The number of rotatable bonds is 15. The molecule has 4 amide bonds. The molecule has 4 atom stereocenters. The van der Waals surface area contributed by atoms with Gasteiger partial charge in [0, 0.05) is 53.7 Å². The van der Waals surface area contributed by atoms with E-state index >= 15 is 0 Å². The first-order chi connectivity index (χ1) is 31.5. The van der Waals surface area contributed by atoms with Crippen LogP contribution in [0.3, 0.4) is 0 Å². The number of benzene rings is 4. The van der Waals surface area contributed by atoms with Crippen LogP contribution in [0.4, 0.5) is 11.4 Å². The zero-order chi connectivity index (χ0) is 45.2. The van der Waals surface area contributed by atoms with E-state index in [9.17, 15) is 32.7 Å². The van der Waals surface area contributed by atoms with E-state index in [1.54, 1.807) is 33.1 Å². The van der Waals surface area contributed by atoms with Crippen LogP contribution in [-0.2, 0) is 31.0 Å². The maximum absolute atomic E-state index is 14.0. The second kappa shape index (κ2) is 19.4. The number of aliphatic hydroxyl groups is 1. The fourth-order valence-electron chi connectivity index (χ4n) is 10.9. The molecular weight excluding hydrogens is 859 g/mol. The number of hydrogen-bond acceptors (Lipinski definition) is 9. The number of piperidine rings is 1. The number of carbonyl (C=O) groups is 4. The van der Waals surface area contributed by atoms with Gasteiger partial charge in [-0.1, -0.05) is 67.6 Å². The van der Waals surface area contributed by atoms with E-state index in [0.29, 0.717) is 49.8 Å². The number of fused-ring (bicyclic) bond motifs is 4. The largest absolute Gasteiger partial charge is 0.394 e. The SMILES string of the molecule is Cc1ccc(S(=O)(=O)N2CC[C@@H]3[C@H](CO)Nc4ccc(-c5cccc(NC(=O)CCCC6CCC(CCCSc7cccc8c7CN(C7CCC(=O)NC7=O)C8=O)CC6)c5)cc4[C@@H]32)cc1. The third kappa shape index (κ3) is 9.63. The van der Waals surface area contributed by atoms with Crippen molar-refractivity contribution in [2.75, 3.05) is 29.5 Å². The minimum atomic E-state index is -3.78. The lowest BCUT2D eigenvalue weighted by Gasteiger charge is -2.39. The molecule has 14 heteroatoms. The van der Waals surface area contributed by atoms with Crippen molar-refractivity contribution >= 4 is 56.8 Å². The topological polar surface area (TPSA) is 165 Å². The van der Waals surface area contributed by atoms with Crippen molar-refractivity contribution in [1.29, 1.82) is 0 Å². The van der Waals surface area contributed by atoms with E-state index in [0.717, 1.165) is 69.1 Å². The van der Waals surface area contributed by atoms with Gasteiger partial charge in [0.15, 0.2) is 0 Å². The third-order valence-corrected chi connectivity index (χ3v) is 17.5. The Morgan fingerprint density at radius 1 is 0.862 bits per heavy atom. The highest BCUT2D eigenvalue weighted by atomic mass is 32.2. The molecule has 1 aliphatic carbocycles. The van der Waals surface area contributed by atoms with E-state index in [1.807, 2.05) is 67.6 Å². The Morgan fingerprint density at radius 2 is 1.60 bits per heavy atom. The number of hydrogen-bond donors (Lipinski definition) is 4. The van der Waals surface area contributed by atoms with Gasteiger partial charge in [0.25, 0.3) is 5.91 Å². The Hall–Kier alpha value is -5.02. The number of amides is 4. The number of nitrogens with one attached hydrogen (secondary N) is 3. The summed E-state index contributed by atoms with van der Waals surface area (Å²) in [5, 5.41) is 19.3.